The Kier molecular flexibility index (Phi) is 3.20. The molecule has 0 saturated heterocycles. The molecule has 1 amide bonds. The Morgan fingerprint density at radius 1 is 1.61 bits per heavy atom. The van der Waals surface area contributed by atoms with Crippen molar-refractivity contribution in [2.45, 2.75) is 13.0 Å². The quantitative estimate of drug-likeness (QED) is 0.812. The molecule has 0 bridgehead atoms. The maximum absolute atomic E-state index is 11.9. The van der Waals surface area contributed by atoms with Gasteiger partial charge in [-0.25, -0.2) is 0 Å². The van der Waals surface area contributed by atoms with E-state index in [4.69, 9.17) is 10.2 Å². The van der Waals surface area contributed by atoms with Gasteiger partial charge in [-0.05, 0) is 19.1 Å². The molecular formula is C12H14N2O4. The van der Waals surface area contributed by atoms with Crippen LogP contribution >= 0.6 is 0 Å². The van der Waals surface area contributed by atoms with Crippen LogP contribution in [0.2, 0.25) is 0 Å². The van der Waals surface area contributed by atoms with E-state index < -0.39 is 17.7 Å². The van der Waals surface area contributed by atoms with E-state index in [9.17, 15) is 14.7 Å². The number of nitrogens with two attached hydrogens (primary N) is 1. The number of rotatable bonds is 4. The van der Waals surface area contributed by atoms with Crippen molar-refractivity contribution in [3.63, 3.8) is 0 Å². The van der Waals surface area contributed by atoms with Crippen LogP contribution in [0.1, 0.15) is 18.7 Å². The molecule has 0 fully saturated rings. The van der Waals surface area contributed by atoms with Gasteiger partial charge in [-0.2, -0.15) is 0 Å². The average Bonchev–Trinajstić information content (AvgIpc) is 2.91. The lowest BCUT2D eigenvalue weighted by molar-refractivity contribution is -0.129. The molecule has 0 spiro atoms. The molecule has 1 atom stereocenters. The predicted molar refractivity (Wildman–Crippen MR) is 62.6 cm³/mol. The summed E-state index contributed by atoms with van der Waals surface area (Å²) in [6.45, 7) is 1.78. The molecule has 2 rings (SSSR count). The molecule has 0 saturated carbocycles. The van der Waals surface area contributed by atoms with Crippen LogP contribution in [0.15, 0.2) is 34.1 Å². The van der Waals surface area contributed by atoms with Gasteiger partial charge in [0.1, 0.15) is 11.8 Å². The molecule has 6 heteroatoms. The van der Waals surface area contributed by atoms with Crippen LogP contribution in [-0.4, -0.2) is 34.8 Å². The first-order chi connectivity index (χ1) is 8.57. The Morgan fingerprint density at radius 2 is 2.33 bits per heavy atom. The van der Waals surface area contributed by atoms with Gasteiger partial charge in [0.05, 0.1) is 11.8 Å². The minimum absolute atomic E-state index is 0.0587. The van der Waals surface area contributed by atoms with Gasteiger partial charge in [-0.3, -0.25) is 9.59 Å². The zero-order valence-corrected chi connectivity index (χ0v) is 9.92. The number of hydrogen-bond donors (Lipinski definition) is 2. The lowest BCUT2D eigenvalue weighted by Crippen LogP contribution is -2.35. The van der Waals surface area contributed by atoms with Crippen LogP contribution in [-0.2, 0) is 9.59 Å². The SMILES string of the molecule is CC(=O)C1=C(O)C(=O)N(CCN)C1c1ccco1. The number of Topliss-reactive ketones (excluding diaryl/α,β-unsaturated/α-hetero) is 1. The van der Waals surface area contributed by atoms with E-state index in [2.05, 4.69) is 0 Å². The molecule has 0 radical (unpaired) electrons. The molecule has 2 heterocycles. The molecule has 6 nitrogen and oxygen atoms in total. The van der Waals surface area contributed by atoms with Crippen LogP contribution in [0.3, 0.4) is 0 Å². The summed E-state index contributed by atoms with van der Waals surface area (Å²) >= 11 is 0. The second kappa shape index (κ2) is 4.66. The number of furan rings is 1. The van der Waals surface area contributed by atoms with Crippen molar-refractivity contribution in [2.24, 2.45) is 5.73 Å². The normalized spacial score (nSPS) is 19.8. The van der Waals surface area contributed by atoms with Crippen LogP contribution in [0.4, 0.5) is 0 Å². The maximum atomic E-state index is 11.9. The van der Waals surface area contributed by atoms with Crippen molar-refractivity contribution in [3.05, 3.63) is 35.5 Å². The van der Waals surface area contributed by atoms with Gasteiger partial charge in [0.2, 0.25) is 0 Å². The zero-order chi connectivity index (χ0) is 13.3. The van der Waals surface area contributed by atoms with E-state index in [-0.39, 0.29) is 24.4 Å². The second-order valence-corrected chi connectivity index (χ2v) is 4.02. The fourth-order valence-electron chi connectivity index (χ4n) is 2.13. The van der Waals surface area contributed by atoms with Gasteiger partial charge in [0.25, 0.3) is 5.91 Å². The first-order valence-electron chi connectivity index (χ1n) is 5.56. The Labute approximate surface area is 104 Å². The zero-order valence-electron chi connectivity index (χ0n) is 9.92. The fourth-order valence-corrected chi connectivity index (χ4v) is 2.13. The molecule has 1 aromatic rings. The lowest BCUT2D eigenvalue weighted by atomic mass is 10.0. The predicted octanol–water partition coefficient (Wildman–Crippen LogP) is 0.523. The Bertz CT molecular complexity index is 504. The van der Waals surface area contributed by atoms with Crippen molar-refractivity contribution in [2.75, 3.05) is 13.1 Å². The van der Waals surface area contributed by atoms with Crippen molar-refractivity contribution < 1.29 is 19.1 Å². The molecule has 0 aliphatic carbocycles. The number of hydrogen-bond acceptors (Lipinski definition) is 5. The highest BCUT2D eigenvalue weighted by Gasteiger charge is 2.43. The summed E-state index contributed by atoms with van der Waals surface area (Å²) in [6.07, 6.45) is 1.45. The van der Waals surface area contributed by atoms with Crippen LogP contribution in [0.5, 0.6) is 0 Å². The summed E-state index contributed by atoms with van der Waals surface area (Å²) in [4.78, 5) is 24.8. The smallest absolute Gasteiger partial charge is 0.290 e. The van der Waals surface area contributed by atoms with Crippen molar-refractivity contribution in [1.82, 2.24) is 4.90 Å². The molecule has 1 aliphatic rings. The number of amides is 1. The van der Waals surface area contributed by atoms with E-state index in [0.717, 1.165) is 0 Å². The largest absolute Gasteiger partial charge is 0.503 e. The van der Waals surface area contributed by atoms with Gasteiger partial charge in [0.15, 0.2) is 11.5 Å². The van der Waals surface area contributed by atoms with Crippen molar-refractivity contribution in [1.29, 1.82) is 0 Å². The van der Waals surface area contributed by atoms with Gasteiger partial charge in [-0.15, -0.1) is 0 Å². The summed E-state index contributed by atoms with van der Waals surface area (Å²) in [7, 11) is 0. The second-order valence-electron chi connectivity index (χ2n) is 4.02. The van der Waals surface area contributed by atoms with E-state index >= 15 is 0 Å². The highest BCUT2D eigenvalue weighted by Crippen LogP contribution is 2.37. The Morgan fingerprint density at radius 3 is 2.83 bits per heavy atom. The Balaban J connectivity index is 2.48. The molecule has 1 aromatic heterocycles. The molecule has 96 valence electrons. The molecule has 3 N–H and O–H groups in total. The van der Waals surface area contributed by atoms with Gasteiger partial charge >= 0.3 is 0 Å². The molecule has 0 aromatic carbocycles. The summed E-state index contributed by atoms with van der Waals surface area (Å²) in [5.74, 6) is -1.03. The third-order valence-electron chi connectivity index (χ3n) is 2.87. The van der Waals surface area contributed by atoms with Crippen molar-refractivity contribution >= 4 is 11.7 Å². The van der Waals surface area contributed by atoms with E-state index in [1.807, 2.05) is 0 Å². The highest BCUT2D eigenvalue weighted by atomic mass is 16.3. The number of aliphatic hydroxyl groups excluding tert-OH is 1. The first kappa shape index (κ1) is 12.4. The molecule has 1 unspecified atom stereocenters. The summed E-state index contributed by atoms with van der Waals surface area (Å²) < 4.78 is 5.24. The number of nitrogens with zero attached hydrogens (tertiary/aromatic N) is 1. The third kappa shape index (κ3) is 1.80. The Hall–Kier alpha value is -2.08. The summed E-state index contributed by atoms with van der Waals surface area (Å²) in [5.41, 5.74) is 5.50. The molecule has 1 aliphatic heterocycles. The van der Waals surface area contributed by atoms with E-state index in [0.29, 0.717) is 5.76 Å². The molecule has 18 heavy (non-hydrogen) atoms. The average molecular weight is 250 g/mol. The number of aliphatic hydroxyl groups is 1. The van der Waals surface area contributed by atoms with Crippen molar-refractivity contribution in [3.8, 4) is 0 Å². The van der Waals surface area contributed by atoms with Crippen LogP contribution in [0.25, 0.3) is 0 Å². The van der Waals surface area contributed by atoms with Crippen LogP contribution < -0.4 is 5.73 Å². The summed E-state index contributed by atoms with van der Waals surface area (Å²) in [5, 5.41) is 9.78. The van der Waals surface area contributed by atoms with Crippen LogP contribution in [0, 0.1) is 0 Å². The van der Waals surface area contributed by atoms with E-state index in [1.165, 1.54) is 18.1 Å². The number of carbonyl (C=O) groups excluding carboxylic acids is 2. The third-order valence-corrected chi connectivity index (χ3v) is 2.87. The lowest BCUT2D eigenvalue weighted by Gasteiger charge is -2.23. The minimum Gasteiger partial charge on any atom is -0.503 e. The monoisotopic (exact) mass is 250 g/mol. The van der Waals surface area contributed by atoms with E-state index in [1.54, 1.807) is 12.1 Å². The number of carbonyl (C=O) groups is 2. The van der Waals surface area contributed by atoms with Gasteiger partial charge in [-0.1, -0.05) is 0 Å². The molecular weight excluding hydrogens is 236 g/mol. The van der Waals surface area contributed by atoms with Gasteiger partial charge in [0, 0.05) is 13.1 Å². The first-order valence-corrected chi connectivity index (χ1v) is 5.56. The topological polar surface area (TPSA) is 96.8 Å². The standard InChI is InChI=1S/C12H14N2O4/c1-7(15)9-10(8-3-2-6-18-8)14(5-4-13)12(17)11(9)16/h2-3,6,10,16H,4-5,13H2,1H3. The number of ketones is 1. The minimum atomic E-state index is -0.687. The highest BCUT2D eigenvalue weighted by molar-refractivity contribution is 6.07. The summed E-state index contributed by atoms with van der Waals surface area (Å²) in [6, 6.07) is 2.63. The van der Waals surface area contributed by atoms with Gasteiger partial charge < -0.3 is 20.2 Å². The fraction of sp³-hybridized carbons (Fsp3) is 0.333. The maximum Gasteiger partial charge on any atom is 0.290 e.